The Balaban J connectivity index is 0.000000954. The molecular weight excluding hydrogens is 925 g/mol. The number of anilines is 2. The van der Waals surface area contributed by atoms with E-state index in [1.165, 1.54) is 5.56 Å². The number of hydrogen-bond acceptors (Lipinski definition) is 4. The molecule has 0 saturated carbocycles. The molecule has 0 saturated heterocycles. The Morgan fingerprint density at radius 2 is 1.24 bits per heavy atom. The minimum atomic E-state index is 0.642. The Kier molecular flexibility index (Phi) is 16.3. The highest BCUT2D eigenvalue weighted by atomic mass is 15.1. The first-order valence-corrected chi connectivity index (χ1v) is 26.3. The predicted octanol–water partition coefficient (Wildman–Crippen LogP) is 18.2. The number of benzene rings is 8. The number of nitrogens with two attached hydrogens (primary N) is 2. The molecule has 5 N–H and O–H groups in total. The summed E-state index contributed by atoms with van der Waals surface area (Å²) in [7, 11) is 0. The summed E-state index contributed by atoms with van der Waals surface area (Å²) in [6.45, 7) is 13.8. The van der Waals surface area contributed by atoms with Crippen molar-refractivity contribution in [3.05, 3.63) is 272 Å². The molecule has 376 valence electrons. The van der Waals surface area contributed by atoms with Gasteiger partial charge in [0.05, 0.1) is 27.6 Å². The van der Waals surface area contributed by atoms with E-state index in [2.05, 4.69) is 242 Å². The second-order valence-electron chi connectivity index (χ2n) is 18.7. The molecule has 0 fully saturated rings. The zero-order valence-corrected chi connectivity index (χ0v) is 44.2. The standard InChI is InChI=1S/C63H50N6.C5H10.C2H6/c1-2-44(45-20-6-3-7-21-45)42-57(46-22-8-4-9-23-46)67-56-28-15-13-26-50(56)52-40-47(33-35-55(52)64)48-34-37-59-53(41-48)51-27-14-16-29-58(51)69(59)62(65)31-17-12-19-43-32-36-60-54(39-43)63-61(30-18-38-66-63)68(60)49-24-10-5-11-25-49;1-4-5(2)3;1-2/h2-18,20-42,67H,19,64-65H2,1H3;4-5H,1H2,2-3H3;1-2H3/b17-12-,44-2+,57-42-,62-31+;;. The van der Waals surface area contributed by atoms with Crippen molar-refractivity contribution in [1.29, 1.82) is 0 Å². The van der Waals surface area contributed by atoms with Gasteiger partial charge in [0.1, 0.15) is 5.82 Å². The molecule has 0 amide bonds. The van der Waals surface area contributed by atoms with Crippen LogP contribution in [0.1, 0.15) is 51.3 Å². The number of nitrogen functional groups attached to an aromatic ring is 1. The quantitative estimate of drug-likeness (QED) is 0.0610. The average molecular weight is 991 g/mol. The first-order valence-electron chi connectivity index (χ1n) is 26.3. The smallest absolute Gasteiger partial charge is 0.108 e. The van der Waals surface area contributed by atoms with Crippen LogP contribution in [0.4, 0.5) is 11.4 Å². The molecular formula is C70H66N6. The van der Waals surface area contributed by atoms with Gasteiger partial charge in [-0.05, 0) is 138 Å². The Hall–Kier alpha value is -9.39. The summed E-state index contributed by atoms with van der Waals surface area (Å²) >= 11 is 0. The van der Waals surface area contributed by atoms with Gasteiger partial charge in [-0.2, -0.15) is 0 Å². The van der Waals surface area contributed by atoms with Crippen LogP contribution in [0, 0.1) is 5.92 Å². The molecule has 0 aliphatic heterocycles. The molecule has 8 aromatic carbocycles. The number of aromatic nitrogens is 3. The van der Waals surface area contributed by atoms with Crippen molar-refractivity contribution in [2.75, 3.05) is 11.1 Å². The fourth-order valence-electron chi connectivity index (χ4n) is 9.61. The topological polar surface area (TPSA) is 86.8 Å². The van der Waals surface area contributed by atoms with E-state index in [-0.39, 0.29) is 0 Å². The van der Waals surface area contributed by atoms with Crippen molar-refractivity contribution in [2.45, 2.75) is 41.0 Å². The number of allylic oxidation sites excluding steroid dienone is 7. The van der Waals surface area contributed by atoms with Crippen molar-refractivity contribution < 1.29 is 0 Å². The molecule has 3 aromatic heterocycles. The maximum Gasteiger partial charge on any atom is 0.108 e. The molecule has 0 aliphatic carbocycles. The van der Waals surface area contributed by atoms with Crippen LogP contribution in [0.3, 0.4) is 0 Å². The van der Waals surface area contributed by atoms with Crippen LogP contribution in [0.5, 0.6) is 0 Å². The summed E-state index contributed by atoms with van der Waals surface area (Å²) in [5, 5.41) is 7.22. The summed E-state index contributed by atoms with van der Waals surface area (Å²) in [4.78, 5) is 4.80. The highest BCUT2D eigenvalue weighted by Gasteiger charge is 2.17. The predicted molar refractivity (Wildman–Crippen MR) is 329 cm³/mol. The molecule has 0 aliphatic rings. The third kappa shape index (κ3) is 11.1. The lowest BCUT2D eigenvalue weighted by Gasteiger charge is -2.18. The lowest BCUT2D eigenvalue weighted by molar-refractivity contribution is 0.835. The molecule has 6 nitrogen and oxygen atoms in total. The maximum atomic E-state index is 6.98. The molecule has 6 heteroatoms. The molecule has 11 rings (SSSR count). The molecule has 0 atom stereocenters. The summed E-state index contributed by atoms with van der Waals surface area (Å²) in [6, 6.07) is 72.0. The van der Waals surface area contributed by atoms with Gasteiger partial charge in [0.15, 0.2) is 0 Å². The van der Waals surface area contributed by atoms with Crippen molar-refractivity contribution in [3.8, 4) is 27.9 Å². The number of pyridine rings is 1. The van der Waals surface area contributed by atoms with Gasteiger partial charge in [-0.1, -0.05) is 185 Å². The van der Waals surface area contributed by atoms with Crippen molar-refractivity contribution in [2.24, 2.45) is 11.7 Å². The highest BCUT2D eigenvalue weighted by molar-refractivity contribution is 6.11. The van der Waals surface area contributed by atoms with Gasteiger partial charge in [0, 0.05) is 56.2 Å². The van der Waals surface area contributed by atoms with Gasteiger partial charge < -0.3 is 21.4 Å². The van der Waals surface area contributed by atoms with Gasteiger partial charge >= 0.3 is 0 Å². The van der Waals surface area contributed by atoms with Crippen LogP contribution in [0.25, 0.3) is 88.8 Å². The average Bonchev–Trinajstić information content (AvgIpc) is 4.00. The highest BCUT2D eigenvalue weighted by Crippen LogP contribution is 2.40. The van der Waals surface area contributed by atoms with E-state index in [9.17, 15) is 0 Å². The van der Waals surface area contributed by atoms with E-state index < -0.39 is 0 Å². The van der Waals surface area contributed by atoms with E-state index in [0.717, 1.165) is 106 Å². The number of hydrogen-bond donors (Lipinski definition) is 3. The summed E-state index contributed by atoms with van der Waals surface area (Å²) in [5.41, 5.74) is 31.6. The molecule has 76 heavy (non-hydrogen) atoms. The lowest BCUT2D eigenvalue weighted by Crippen LogP contribution is -2.05. The fourth-order valence-corrected chi connectivity index (χ4v) is 9.61. The van der Waals surface area contributed by atoms with Crippen LogP contribution in [0.15, 0.2) is 255 Å². The summed E-state index contributed by atoms with van der Waals surface area (Å²) in [5.74, 6) is 1.29. The van der Waals surface area contributed by atoms with Crippen LogP contribution < -0.4 is 16.8 Å². The zero-order chi connectivity index (χ0) is 53.0. The lowest BCUT2D eigenvalue weighted by atomic mass is 9.95. The molecule has 0 bridgehead atoms. The summed E-state index contributed by atoms with van der Waals surface area (Å²) in [6.07, 6.45) is 15.1. The number of fused-ring (bicyclic) bond motifs is 6. The molecule has 0 spiro atoms. The van der Waals surface area contributed by atoms with Crippen molar-refractivity contribution >= 4 is 72.2 Å². The first kappa shape index (κ1) is 51.5. The van der Waals surface area contributed by atoms with Crippen LogP contribution in [0.2, 0.25) is 0 Å². The van der Waals surface area contributed by atoms with Crippen LogP contribution in [-0.4, -0.2) is 14.1 Å². The minimum Gasteiger partial charge on any atom is -0.398 e. The van der Waals surface area contributed by atoms with E-state index in [1.54, 1.807) is 0 Å². The number of rotatable bonds is 13. The Morgan fingerprint density at radius 1 is 0.618 bits per heavy atom. The molecule has 0 radical (unpaired) electrons. The van der Waals surface area contributed by atoms with Crippen LogP contribution >= 0.6 is 0 Å². The van der Waals surface area contributed by atoms with E-state index in [4.69, 9.17) is 16.5 Å². The number of nitrogens with one attached hydrogen (secondary N) is 1. The van der Waals surface area contributed by atoms with Crippen molar-refractivity contribution in [1.82, 2.24) is 14.1 Å². The first-order chi connectivity index (χ1) is 37.3. The second-order valence-corrected chi connectivity index (χ2v) is 18.7. The zero-order valence-electron chi connectivity index (χ0n) is 44.2. The largest absolute Gasteiger partial charge is 0.398 e. The minimum absolute atomic E-state index is 0.642. The van der Waals surface area contributed by atoms with Crippen molar-refractivity contribution in [3.63, 3.8) is 0 Å². The Bertz CT molecular complexity index is 3910. The third-order valence-electron chi connectivity index (χ3n) is 13.4. The maximum absolute atomic E-state index is 6.98. The van der Waals surface area contributed by atoms with E-state index in [0.29, 0.717) is 17.4 Å². The SMILES string of the molecule is C/C=C(\C=C(/Nc1ccccc1-c1cc(-c2ccc3c(c2)c2ccccc2n3/C(N)=C/C=C\Cc2ccc3c(c2)c2ncccc2n3-c2ccccc2)ccc1N)c1ccccc1)c1ccccc1.C=CC(C)C.CC. The van der Waals surface area contributed by atoms with Gasteiger partial charge in [-0.3, -0.25) is 9.55 Å². The Morgan fingerprint density at radius 3 is 1.97 bits per heavy atom. The van der Waals surface area contributed by atoms with Crippen LogP contribution in [-0.2, 0) is 6.42 Å². The van der Waals surface area contributed by atoms with Gasteiger partial charge in [-0.25, -0.2) is 0 Å². The van der Waals surface area contributed by atoms with Gasteiger partial charge in [-0.15, -0.1) is 6.58 Å². The second kappa shape index (κ2) is 24.1. The molecule has 0 unspecified atom stereocenters. The molecule has 3 heterocycles. The summed E-state index contributed by atoms with van der Waals surface area (Å²) < 4.78 is 4.44. The normalized spacial score (nSPS) is 12.0. The third-order valence-corrected chi connectivity index (χ3v) is 13.4. The Labute approximate surface area is 448 Å². The fraction of sp³-hybridized carbons (Fsp3) is 0.100. The van der Waals surface area contributed by atoms with E-state index >= 15 is 0 Å². The van der Waals surface area contributed by atoms with E-state index in [1.807, 2.05) is 62.5 Å². The number of nitrogens with zero attached hydrogens (tertiary/aromatic N) is 3. The van der Waals surface area contributed by atoms with Gasteiger partial charge in [0.2, 0.25) is 0 Å². The van der Waals surface area contributed by atoms with Gasteiger partial charge in [0.25, 0.3) is 0 Å². The number of para-hydroxylation sites is 3. The monoisotopic (exact) mass is 991 g/mol. The molecule has 11 aromatic rings.